The minimum Gasteiger partial charge on any atom is -0.488 e. The third kappa shape index (κ3) is 7.11. The summed E-state index contributed by atoms with van der Waals surface area (Å²) in [5.41, 5.74) is 7.11. The van der Waals surface area contributed by atoms with Gasteiger partial charge < -0.3 is 29.2 Å². The van der Waals surface area contributed by atoms with Crippen LogP contribution in [0, 0.1) is 20.4 Å². The van der Waals surface area contributed by atoms with E-state index in [1.807, 2.05) is 49.4 Å². The van der Waals surface area contributed by atoms with E-state index in [2.05, 4.69) is 23.2 Å². The van der Waals surface area contributed by atoms with Gasteiger partial charge in [0, 0.05) is 18.2 Å². The number of benzene rings is 4. The molecule has 0 saturated carbocycles. The molecule has 0 aliphatic carbocycles. The molecule has 0 radical (unpaired) electrons. The van der Waals surface area contributed by atoms with Crippen LogP contribution in [0.1, 0.15) is 27.8 Å². The van der Waals surface area contributed by atoms with Crippen LogP contribution in [-0.4, -0.2) is 42.0 Å². The predicted octanol–water partition coefficient (Wildman–Crippen LogP) is 5.99. The number of carbonyl (C=O) groups is 1. The molecule has 226 valence electrons. The van der Waals surface area contributed by atoms with Crippen molar-refractivity contribution in [1.82, 2.24) is 5.32 Å². The zero-order chi connectivity index (χ0) is 31.1. The lowest BCUT2D eigenvalue weighted by molar-refractivity contribution is -0.140. The number of rotatable bonds is 12. The van der Waals surface area contributed by atoms with Gasteiger partial charge in [-0.2, -0.15) is 0 Å². The number of hydrogen-bond donors (Lipinski definition) is 3. The molecule has 1 aliphatic heterocycles. The molecule has 4 aromatic rings. The highest BCUT2D eigenvalue weighted by Gasteiger charge is 2.18. The molecule has 0 fully saturated rings. The highest BCUT2D eigenvalue weighted by Crippen LogP contribution is 2.37. The highest BCUT2D eigenvalue weighted by atomic mass is 16.6. The van der Waals surface area contributed by atoms with Crippen LogP contribution >= 0.6 is 0 Å². The van der Waals surface area contributed by atoms with Gasteiger partial charge in [-0.3, -0.25) is 10.1 Å². The van der Waals surface area contributed by atoms with Crippen LogP contribution in [0.3, 0.4) is 0 Å². The van der Waals surface area contributed by atoms with Crippen LogP contribution in [0.15, 0.2) is 72.8 Å². The summed E-state index contributed by atoms with van der Waals surface area (Å²) in [7, 11) is 0. The molecule has 1 atom stereocenters. The van der Waals surface area contributed by atoms with Gasteiger partial charge in [-0.25, -0.2) is 4.85 Å². The number of nitrogens with one attached hydrogen (secondary N) is 1. The Labute approximate surface area is 256 Å². The summed E-state index contributed by atoms with van der Waals surface area (Å²) in [5.74, 6) is 1.48. The van der Waals surface area contributed by atoms with Crippen molar-refractivity contribution >= 4 is 11.7 Å². The molecule has 0 unspecified atom stereocenters. The topological polar surface area (TPSA) is 111 Å². The van der Waals surface area contributed by atoms with E-state index in [4.69, 9.17) is 25.5 Å². The van der Waals surface area contributed by atoms with Gasteiger partial charge in [0.2, 0.25) is 0 Å². The van der Waals surface area contributed by atoms with Crippen LogP contribution in [0.25, 0.3) is 16.0 Å². The minimum absolute atomic E-state index is 0.159. The Kier molecular flexibility index (Phi) is 9.65. The number of aryl methyl sites for hydroxylation is 1. The number of hydrogen-bond acceptors (Lipinski definition) is 7. The summed E-state index contributed by atoms with van der Waals surface area (Å²) < 4.78 is 24.0. The van der Waals surface area contributed by atoms with Crippen molar-refractivity contribution in [2.75, 3.05) is 19.8 Å². The molecule has 0 saturated heterocycles. The number of nitrogens with zero attached hydrogens (tertiary/aromatic N) is 1. The second-order valence-corrected chi connectivity index (χ2v) is 10.5. The summed E-state index contributed by atoms with van der Waals surface area (Å²) >= 11 is 0. The summed E-state index contributed by atoms with van der Waals surface area (Å²) in [6, 6.07) is 21.8. The average molecular weight is 595 g/mol. The SMILES string of the molecule is [C-]#[N+]c1cccc(COc2cc(OCc3cccc(-c4ccc5c(c4)OCCO5)c3C)c(C)cc2CN[C@H](CO)C(=O)O)c1. The number of ether oxygens (including phenoxy) is 4. The maximum absolute atomic E-state index is 11.4. The fourth-order valence-corrected chi connectivity index (χ4v) is 5.02. The van der Waals surface area contributed by atoms with E-state index in [9.17, 15) is 15.0 Å². The molecule has 0 spiro atoms. The summed E-state index contributed by atoms with van der Waals surface area (Å²) in [5, 5.41) is 21.7. The lowest BCUT2D eigenvalue weighted by Gasteiger charge is -2.20. The lowest BCUT2D eigenvalue weighted by atomic mass is 9.96. The van der Waals surface area contributed by atoms with Crippen molar-refractivity contribution in [2.45, 2.75) is 39.6 Å². The number of aliphatic carboxylic acids is 1. The molecule has 0 aromatic heterocycles. The minimum atomic E-state index is -1.14. The quantitative estimate of drug-likeness (QED) is 0.172. The molecular formula is C35H34N2O7. The van der Waals surface area contributed by atoms with Gasteiger partial charge in [0.15, 0.2) is 17.2 Å². The van der Waals surface area contributed by atoms with Crippen molar-refractivity contribution in [1.29, 1.82) is 0 Å². The van der Waals surface area contributed by atoms with E-state index in [0.29, 0.717) is 42.6 Å². The fourth-order valence-electron chi connectivity index (χ4n) is 5.02. The maximum Gasteiger partial charge on any atom is 0.323 e. The monoisotopic (exact) mass is 594 g/mol. The Hall–Kier alpha value is -5.04. The Bertz CT molecular complexity index is 1700. The van der Waals surface area contributed by atoms with Gasteiger partial charge in [-0.15, -0.1) is 0 Å². The van der Waals surface area contributed by atoms with E-state index >= 15 is 0 Å². The zero-order valence-corrected chi connectivity index (χ0v) is 24.6. The van der Waals surface area contributed by atoms with Gasteiger partial charge in [0.1, 0.15) is 44.0 Å². The van der Waals surface area contributed by atoms with Crippen LogP contribution in [0.5, 0.6) is 23.0 Å². The standard InChI is InChI=1S/C35H34N2O7/c1-22-14-27(18-37-30(19-38)35(39)40)33(43-20-24-6-4-8-28(15-24)36-3)17-32(22)44-21-26-7-5-9-29(23(26)2)25-10-11-31-34(16-25)42-13-12-41-31/h4-11,14-17,30,37-38H,12-13,18-21H2,1-2H3,(H,39,40)/t30-/m1/s1. The second kappa shape index (κ2) is 14.0. The van der Waals surface area contributed by atoms with E-state index in [-0.39, 0.29) is 13.2 Å². The Morgan fingerprint density at radius 3 is 2.48 bits per heavy atom. The fraction of sp³-hybridized carbons (Fsp3) is 0.257. The van der Waals surface area contributed by atoms with Gasteiger partial charge >= 0.3 is 5.97 Å². The van der Waals surface area contributed by atoms with Gasteiger partial charge in [0.25, 0.3) is 0 Å². The van der Waals surface area contributed by atoms with Gasteiger partial charge in [-0.05, 0) is 71.5 Å². The second-order valence-electron chi connectivity index (χ2n) is 10.5. The first kappa shape index (κ1) is 30.4. The number of aliphatic hydroxyl groups is 1. The van der Waals surface area contributed by atoms with Crippen LogP contribution in [0.4, 0.5) is 5.69 Å². The smallest absolute Gasteiger partial charge is 0.323 e. The van der Waals surface area contributed by atoms with Crippen LogP contribution < -0.4 is 24.3 Å². The first-order valence-corrected chi connectivity index (χ1v) is 14.3. The number of carboxylic acids is 1. The van der Waals surface area contributed by atoms with E-state index in [1.54, 1.807) is 24.3 Å². The van der Waals surface area contributed by atoms with E-state index < -0.39 is 18.6 Å². The molecule has 3 N–H and O–H groups in total. The molecular weight excluding hydrogens is 560 g/mol. The van der Waals surface area contributed by atoms with Crippen molar-refractivity contribution < 1.29 is 34.0 Å². The number of fused-ring (bicyclic) bond motifs is 1. The Morgan fingerprint density at radius 1 is 0.932 bits per heavy atom. The Balaban J connectivity index is 1.37. The molecule has 0 bridgehead atoms. The maximum atomic E-state index is 11.4. The van der Waals surface area contributed by atoms with Gasteiger partial charge in [-0.1, -0.05) is 42.5 Å². The summed E-state index contributed by atoms with van der Waals surface area (Å²) in [4.78, 5) is 14.9. The Morgan fingerprint density at radius 2 is 1.70 bits per heavy atom. The summed E-state index contributed by atoms with van der Waals surface area (Å²) in [6.45, 7) is 12.5. The van der Waals surface area contributed by atoms with Gasteiger partial charge in [0.05, 0.1) is 13.2 Å². The molecule has 1 aliphatic rings. The molecule has 4 aromatic carbocycles. The third-order valence-electron chi connectivity index (χ3n) is 7.49. The first-order valence-electron chi connectivity index (χ1n) is 14.3. The molecule has 9 nitrogen and oxygen atoms in total. The van der Waals surface area contributed by atoms with Crippen molar-refractivity contribution in [3.63, 3.8) is 0 Å². The van der Waals surface area contributed by atoms with E-state index in [0.717, 1.165) is 44.9 Å². The zero-order valence-electron chi connectivity index (χ0n) is 24.6. The summed E-state index contributed by atoms with van der Waals surface area (Å²) in [6.07, 6.45) is 0. The first-order chi connectivity index (χ1) is 21.4. The highest BCUT2D eigenvalue weighted by molar-refractivity contribution is 5.73. The van der Waals surface area contributed by atoms with Crippen molar-refractivity contribution in [2.24, 2.45) is 0 Å². The number of aliphatic hydroxyl groups excluding tert-OH is 1. The molecule has 9 heteroatoms. The third-order valence-corrected chi connectivity index (χ3v) is 7.49. The van der Waals surface area contributed by atoms with E-state index in [1.165, 1.54) is 0 Å². The molecule has 1 heterocycles. The average Bonchev–Trinajstić information content (AvgIpc) is 3.04. The van der Waals surface area contributed by atoms with Crippen molar-refractivity contribution in [3.05, 3.63) is 112 Å². The molecule has 0 amide bonds. The lowest BCUT2D eigenvalue weighted by Crippen LogP contribution is -2.39. The molecule has 44 heavy (non-hydrogen) atoms. The number of carboxylic acid groups (broad SMARTS) is 1. The molecule has 5 rings (SSSR count). The normalized spacial score (nSPS) is 12.7. The van der Waals surface area contributed by atoms with Crippen LogP contribution in [-0.2, 0) is 24.6 Å². The van der Waals surface area contributed by atoms with Crippen molar-refractivity contribution in [3.8, 4) is 34.1 Å². The largest absolute Gasteiger partial charge is 0.488 e. The predicted molar refractivity (Wildman–Crippen MR) is 166 cm³/mol. The van der Waals surface area contributed by atoms with Crippen LogP contribution in [0.2, 0.25) is 0 Å².